The third-order valence-corrected chi connectivity index (χ3v) is 3.62. The number of hydrogen-bond acceptors (Lipinski definition) is 2. The zero-order chi connectivity index (χ0) is 13.0. The first-order valence-corrected chi connectivity index (χ1v) is 7.15. The second kappa shape index (κ2) is 5.83. The van der Waals surface area contributed by atoms with Crippen LogP contribution >= 0.6 is 0 Å². The van der Waals surface area contributed by atoms with Gasteiger partial charge in [0.2, 0.25) is 0 Å². The van der Waals surface area contributed by atoms with Crippen molar-refractivity contribution in [3.05, 3.63) is 30.1 Å². The molecule has 0 bridgehead atoms. The fourth-order valence-corrected chi connectivity index (χ4v) is 3.05. The molecule has 0 N–H and O–H groups in total. The second-order valence-corrected chi connectivity index (χ2v) is 6.83. The van der Waals surface area contributed by atoms with Gasteiger partial charge in [0, 0.05) is 19.3 Å². The van der Waals surface area contributed by atoms with Gasteiger partial charge in [0.05, 0.1) is 5.69 Å². The highest BCUT2D eigenvalue weighted by atomic mass is 15.1. The quantitative estimate of drug-likeness (QED) is 0.808. The van der Waals surface area contributed by atoms with Crippen LogP contribution in [0, 0.1) is 11.3 Å². The van der Waals surface area contributed by atoms with Gasteiger partial charge < -0.3 is 0 Å². The molecule has 2 heterocycles. The van der Waals surface area contributed by atoms with E-state index in [4.69, 9.17) is 0 Å². The third-order valence-electron chi connectivity index (χ3n) is 3.62. The van der Waals surface area contributed by atoms with Crippen molar-refractivity contribution in [2.24, 2.45) is 11.3 Å². The van der Waals surface area contributed by atoms with Crippen LogP contribution in [-0.2, 0) is 6.54 Å². The average Bonchev–Trinajstić information content (AvgIpc) is 2.28. The molecule has 100 valence electrons. The second-order valence-electron chi connectivity index (χ2n) is 6.83. The molecule has 1 aliphatic rings. The van der Waals surface area contributed by atoms with Gasteiger partial charge in [0.15, 0.2) is 0 Å². The Morgan fingerprint density at radius 3 is 2.83 bits per heavy atom. The zero-order valence-corrected chi connectivity index (χ0v) is 12.0. The van der Waals surface area contributed by atoms with Crippen LogP contribution in [0.2, 0.25) is 0 Å². The predicted molar refractivity (Wildman–Crippen MR) is 76.3 cm³/mol. The topological polar surface area (TPSA) is 16.1 Å². The molecule has 1 atom stereocenters. The van der Waals surface area contributed by atoms with Crippen molar-refractivity contribution in [2.45, 2.75) is 46.6 Å². The number of rotatable bonds is 3. The van der Waals surface area contributed by atoms with Gasteiger partial charge in [-0.15, -0.1) is 0 Å². The number of pyridine rings is 1. The minimum atomic E-state index is 0.457. The molecule has 0 aliphatic carbocycles. The number of likely N-dealkylation sites (tertiary alicyclic amines) is 1. The van der Waals surface area contributed by atoms with Crippen molar-refractivity contribution in [1.82, 2.24) is 9.88 Å². The highest BCUT2D eigenvalue weighted by molar-refractivity contribution is 5.03. The maximum absolute atomic E-state index is 4.43. The summed E-state index contributed by atoms with van der Waals surface area (Å²) in [7, 11) is 0. The van der Waals surface area contributed by atoms with Gasteiger partial charge in [-0.2, -0.15) is 0 Å². The fraction of sp³-hybridized carbons (Fsp3) is 0.688. The van der Waals surface area contributed by atoms with E-state index < -0.39 is 0 Å². The molecule has 0 aromatic carbocycles. The molecule has 1 saturated heterocycles. The molecule has 1 aromatic rings. The van der Waals surface area contributed by atoms with Gasteiger partial charge in [-0.1, -0.05) is 26.8 Å². The number of piperidine rings is 1. The summed E-state index contributed by atoms with van der Waals surface area (Å²) < 4.78 is 0. The molecule has 2 nitrogen and oxygen atoms in total. The van der Waals surface area contributed by atoms with E-state index >= 15 is 0 Å². The summed E-state index contributed by atoms with van der Waals surface area (Å²) in [6.45, 7) is 10.5. The summed E-state index contributed by atoms with van der Waals surface area (Å²) in [5, 5.41) is 0. The number of aromatic nitrogens is 1. The van der Waals surface area contributed by atoms with E-state index in [1.165, 1.54) is 38.0 Å². The van der Waals surface area contributed by atoms with Crippen molar-refractivity contribution in [2.75, 3.05) is 13.1 Å². The molecule has 0 spiro atoms. The summed E-state index contributed by atoms with van der Waals surface area (Å²) >= 11 is 0. The highest BCUT2D eigenvalue weighted by Gasteiger charge is 2.24. The van der Waals surface area contributed by atoms with Crippen molar-refractivity contribution < 1.29 is 0 Å². The van der Waals surface area contributed by atoms with E-state index in [0.717, 1.165) is 12.5 Å². The summed E-state index contributed by atoms with van der Waals surface area (Å²) in [6, 6.07) is 6.20. The smallest absolute Gasteiger partial charge is 0.0543 e. The molecule has 1 fully saturated rings. The van der Waals surface area contributed by atoms with E-state index in [1.807, 2.05) is 12.3 Å². The van der Waals surface area contributed by atoms with Crippen molar-refractivity contribution >= 4 is 0 Å². The van der Waals surface area contributed by atoms with Crippen molar-refractivity contribution in [3.8, 4) is 0 Å². The Hall–Kier alpha value is -0.890. The SMILES string of the molecule is CC(C)(C)CC1CCCN(Cc2ccccn2)C1. The van der Waals surface area contributed by atoms with Crippen LogP contribution in [0.15, 0.2) is 24.4 Å². The number of nitrogens with zero attached hydrogens (tertiary/aromatic N) is 2. The maximum Gasteiger partial charge on any atom is 0.0543 e. The maximum atomic E-state index is 4.43. The van der Waals surface area contributed by atoms with Crippen LogP contribution in [0.5, 0.6) is 0 Å². The number of hydrogen-bond donors (Lipinski definition) is 0. The van der Waals surface area contributed by atoms with Crippen LogP contribution in [-0.4, -0.2) is 23.0 Å². The van der Waals surface area contributed by atoms with Gasteiger partial charge in [-0.25, -0.2) is 0 Å². The van der Waals surface area contributed by atoms with Crippen LogP contribution in [0.1, 0.15) is 45.7 Å². The van der Waals surface area contributed by atoms with Crippen LogP contribution in [0.4, 0.5) is 0 Å². The van der Waals surface area contributed by atoms with Crippen molar-refractivity contribution in [3.63, 3.8) is 0 Å². The Bertz CT molecular complexity index is 353. The lowest BCUT2D eigenvalue weighted by Gasteiger charge is -2.35. The minimum Gasteiger partial charge on any atom is -0.297 e. The van der Waals surface area contributed by atoms with Gasteiger partial charge in [0.25, 0.3) is 0 Å². The Morgan fingerprint density at radius 1 is 1.33 bits per heavy atom. The zero-order valence-electron chi connectivity index (χ0n) is 12.0. The largest absolute Gasteiger partial charge is 0.297 e. The molecule has 18 heavy (non-hydrogen) atoms. The Kier molecular flexibility index (Phi) is 4.39. The van der Waals surface area contributed by atoms with E-state index in [-0.39, 0.29) is 0 Å². The third kappa shape index (κ3) is 4.41. The minimum absolute atomic E-state index is 0.457. The molecule has 2 heteroatoms. The van der Waals surface area contributed by atoms with E-state index in [0.29, 0.717) is 5.41 Å². The van der Waals surface area contributed by atoms with Gasteiger partial charge in [-0.3, -0.25) is 9.88 Å². The molecule has 1 aliphatic heterocycles. The first-order chi connectivity index (χ1) is 8.53. The Balaban J connectivity index is 1.87. The molecule has 1 aromatic heterocycles. The summed E-state index contributed by atoms with van der Waals surface area (Å²) in [5.74, 6) is 0.863. The lowest BCUT2D eigenvalue weighted by molar-refractivity contribution is 0.134. The average molecular weight is 246 g/mol. The molecular weight excluding hydrogens is 220 g/mol. The normalized spacial score (nSPS) is 22.1. The molecular formula is C16H26N2. The Labute approximate surface area is 111 Å². The lowest BCUT2D eigenvalue weighted by atomic mass is 9.81. The highest BCUT2D eigenvalue weighted by Crippen LogP contribution is 2.30. The summed E-state index contributed by atoms with van der Waals surface area (Å²) in [5.41, 5.74) is 1.66. The van der Waals surface area contributed by atoms with Gasteiger partial charge in [0.1, 0.15) is 0 Å². The molecule has 1 unspecified atom stereocenters. The Morgan fingerprint density at radius 2 is 2.17 bits per heavy atom. The van der Waals surface area contributed by atoms with Crippen molar-refractivity contribution in [1.29, 1.82) is 0 Å². The van der Waals surface area contributed by atoms with Gasteiger partial charge in [-0.05, 0) is 49.3 Å². The molecule has 0 radical (unpaired) electrons. The molecule has 0 saturated carbocycles. The van der Waals surface area contributed by atoms with E-state index in [2.05, 4.69) is 42.8 Å². The fourth-order valence-electron chi connectivity index (χ4n) is 3.05. The van der Waals surface area contributed by atoms with Crippen LogP contribution in [0.3, 0.4) is 0 Å². The van der Waals surface area contributed by atoms with E-state index in [1.54, 1.807) is 0 Å². The molecule has 2 rings (SSSR count). The van der Waals surface area contributed by atoms with E-state index in [9.17, 15) is 0 Å². The monoisotopic (exact) mass is 246 g/mol. The summed E-state index contributed by atoms with van der Waals surface area (Å²) in [6.07, 6.45) is 5.97. The predicted octanol–water partition coefficient (Wildman–Crippen LogP) is 3.73. The first-order valence-electron chi connectivity index (χ1n) is 7.15. The first kappa shape index (κ1) is 13.5. The summed E-state index contributed by atoms with van der Waals surface area (Å²) in [4.78, 5) is 7.00. The lowest BCUT2D eigenvalue weighted by Crippen LogP contribution is -2.36. The van der Waals surface area contributed by atoms with Crippen LogP contribution < -0.4 is 0 Å². The molecule has 0 amide bonds. The van der Waals surface area contributed by atoms with Crippen LogP contribution in [0.25, 0.3) is 0 Å². The van der Waals surface area contributed by atoms with Gasteiger partial charge >= 0.3 is 0 Å². The standard InChI is InChI=1S/C16H26N2/c1-16(2,3)11-14-7-6-10-18(12-14)13-15-8-4-5-9-17-15/h4-5,8-9,14H,6-7,10-13H2,1-3H3.